The molecule has 0 spiro atoms. The molecule has 0 unspecified atom stereocenters. The first-order valence-corrected chi connectivity index (χ1v) is 12.9. The van der Waals surface area contributed by atoms with Crippen LogP contribution in [0.15, 0.2) is 42.6 Å². The highest BCUT2D eigenvalue weighted by atomic mass is 16.6. The number of pyridine rings is 1. The van der Waals surface area contributed by atoms with Crippen molar-refractivity contribution in [2.45, 2.75) is 70.3 Å². The van der Waals surface area contributed by atoms with Crippen LogP contribution in [0.25, 0.3) is 0 Å². The quantitative estimate of drug-likeness (QED) is 0.497. The molecule has 0 bridgehead atoms. The van der Waals surface area contributed by atoms with Gasteiger partial charge in [0.2, 0.25) is 5.75 Å². The number of benzene rings is 1. The summed E-state index contributed by atoms with van der Waals surface area (Å²) < 4.78 is 28.1. The highest BCUT2D eigenvalue weighted by molar-refractivity contribution is 5.98. The summed E-state index contributed by atoms with van der Waals surface area (Å²) in [5.74, 6) is -2.01. The molecular weight excluding hydrogens is 508 g/mol. The van der Waals surface area contributed by atoms with E-state index in [1.165, 1.54) is 26.3 Å². The summed E-state index contributed by atoms with van der Waals surface area (Å²) >= 11 is 0. The molecule has 39 heavy (non-hydrogen) atoms. The van der Waals surface area contributed by atoms with Gasteiger partial charge in [-0.2, -0.15) is 0 Å². The number of rotatable bonds is 8. The first-order chi connectivity index (χ1) is 18.8. The zero-order valence-corrected chi connectivity index (χ0v) is 22.1. The Morgan fingerprint density at radius 3 is 2.46 bits per heavy atom. The molecule has 208 valence electrons. The van der Waals surface area contributed by atoms with Crippen molar-refractivity contribution in [3.8, 4) is 17.2 Å². The number of amides is 1. The van der Waals surface area contributed by atoms with E-state index in [1.807, 2.05) is 18.2 Å². The fourth-order valence-electron chi connectivity index (χ4n) is 4.31. The van der Waals surface area contributed by atoms with Gasteiger partial charge >= 0.3 is 17.9 Å². The Kier molecular flexibility index (Phi) is 9.00. The van der Waals surface area contributed by atoms with Crippen LogP contribution in [0.3, 0.4) is 0 Å². The minimum atomic E-state index is -1.03. The van der Waals surface area contributed by atoms with E-state index in [2.05, 4.69) is 10.3 Å². The molecule has 1 saturated carbocycles. The van der Waals surface area contributed by atoms with Gasteiger partial charge in [0.05, 0.1) is 13.0 Å². The number of hydrogen-bond acceptors (Lipinski definition) is 10. The maximum Gasteiger partial charge on any atom is 0.329 e. The minimum absolute atomic E-state index is 0.136. The van der Waals surface area contributed by atoms with Crippen LogP contribution in [0.1, 0.15) is 56.4 Å². The number of nitrogens with zero attached hydrogens (tertiary/aromatic N) is 1. The highest BCUT2D eigenvalue weighted by Crippen LogP contribution is 2.33. The van der Waals surface area contributed by atoms with Crippen LogP contribution < -0.4 is 19.5 Å². The molecule has 1 N–H and O–H groups in total. The van der Waals surface area contributed by atoms with Gasteiger partial charge in [0.15, 0.2) is 17.5 Å². The molecule has 2 heterocycles. The number of ether oxygens (including phenoxy) is 5. The standard InChI is InChI=1S/C28H32N2O9/c1-16-24(39-27(33)18-12-13-18)22(38-19-8-5-4-6-9-19)11-7-10-20(28(34)36-16)30-26(32)23-25(37-17(2)31)21(35-3)14-15-29-23/h4-6,8-9,14-16,18,20,22,24H,7,10-13H2,1-3H3,(H,30,32)/t16-,20-,22-,24-/m0/s1. The SMILES string of the molecule is COc1ccnc(C(=O)N[C@H]2CCC[C@H](Oc3ccccc3)[C@@H](OC(=O)C3CC3)[C@H](C)OC2=O)c1OC(C)=O. The molecule has 1 aliphatic carbocycles. The van der Waals surface area contributed by atoms with Gasteiger partial charge in [0.25, 0.3) is 5.91 Å². The molecule has 1 aromatic heterocycles. The maximum absolute atomic E-state index is 13.2. The lowest BCUT2D eigenvalue weighted by molar-refractivity contribution is -0.175. The molecule has 1 aliphatic heterocycles. The van der Waals surface area contributed by atoms with Crippen molar-refractivity contribution in [3.05, 3.63) is 48.3 Å². The Bertz CT molecular complexity index is 1200. The van der Waals surface area contributed by atoms with Crippen molar-refractivity contribution in [2.75, 3.05) is 7.11 Å². The topological polar surface area (TPSA) is 139 Å². The summed E-state index contributed by atoms with van der Waals surface area (Å²) in [5.41, 5.74) is -0.216. The zero-order valence-electron chi connectivity index (χ0n) is 22.1. The van der Waals surface area contributed by atoms with Crippen molar-refractivity contribution in [2.24, 2.45) is 5.92 Å². The van der Waals surface area contributed by atoms with Gasteiger partial charge in [-0.1, -0.05) is 18.2 Å². The van der Waals surface area contributed by atoms with Crippen LogP contribution in [0, 0.1) is 5.92 Å². The fraction of sp³-hybridized carbons (Fsp3) is 0.464. The Labute approximate surface area is 226 Å². The number of aromatic nitrogens is 1. The van der Waals surface area contributed by atoms with E-state index < -0.39 is 42.2 Å². The normalized spacial score (nSPS) is 23.2. The van der Waals surface area contributed by atoms with Gasteiger partial charge in [-0.3, -0.25) is 14.4 Å². The molecule has 1 amide bonds. The predicted molar refractivity (Wildman–Crippen MR) is 136 cm³/mol. The Morgan fingerprint density at radius 1 is 1.05 bits per heavy atom. The van der Waals surface area contributed by atoms with Crippen molar-refractivity contribution < 1.29 is 42.9 Å². The first kappa shape index (κ1) is 27.9. The summed E-state index contributed by atoms with van der Waals surface area (Å²) in [5, 5.41) is 2.64. The van der Waals surface area contributed by atoms with Gasteiger partial charge in [-0.15, -0.1) is 0 Å². The average molecular weight is 541 g/mol. The molecule has 11 nitrogen and oxygen atoms in total. The van der Waals surface area contributed by atoms with E-state index in [0.29, 0.717) is 18.6 Å². The molecule has 2 fully saturated rings. The van der Waals surface area contributed by atoms with Gasteiger partial charge < -0.3 is 29.0 Å². The molecule has 2 aliphatic rings. The van der Waals surface area contributed by atoms with E-state index in [-0.39, 0.29) is 35.5 Å². The van der Waals surface area contributed by atoms with Crippen LogP contribution in [-0.4, -0.2) is 60.3 Å². The van der Waals surface area contributed by atoms with E-state index in [9.17, 15) is 19.2 Å². The van der Waals surface area contributed by atoms with Crippen molar-refractivity contribution in [1.29, 1.82) is 0 Å². The second kappa shape index (κ2) is 12.6. The van der Waals surface area contributed by atoms with E-state index >= 15 is 0 Å². The van der Waals surface area contributed by atoms with Crippen molar-refractivity contribution in [3.63, 3.8) is 0 Å². The molecule has 11 heteroatoms. The number of methoxy groups -OCH3 is 1. The van der Waals surface area contributed by atoms with E-state index in [1.54, 1.807) is 19.1 Å². The lowest BCUT2D eigenvalue weighted by atomic mass is 10.0. The molecular formula is C28H32N2O9. The lowest BCUT2D eigenvalue weighted by Crippen LogP contribution is -2.47. The summed E-state index contributed by atoms with van der Waals surface area (Å²) in [6.07, 6.45) is 1.70. The molecule has 4 rings (SSSR count). The van der Waals surface area contributed by atoms with Crippen LogP contribution in [0.5, 0.6) is 17.2 Å². The maximum atomic E-state index is 13.2. The Morgan fingerprint density at radius 2 is 1.79 bits per heavy atom. The van der Waals surface area contributed by atoms with Crippen molar-refractivity contribution in [1.82, 2.24) is 10.3 Å². The smallest absolute Gasteiger partial charge is 0.329 e. The van der Waals surface area contributed by atoms with E-state index in [4.69, 9.17) is 23.7 Å². The third-order valence-corrected chi connectivity index (χ3v) is 6.45. The number of carbonyl (C=O) groups is 4. The third kappa shape index (κ3) is 7.24. The number of carbonyl (C=O) groups excluding carboxylic acids is 4. The molecule has 1 aromatic carbocycles. The summed E-state index contributed by atoms with van der Waals surface area (Å²) in [6, 6.07) is 9.54. The number of nitrogens with one attached hydrogen (secondary N) is 1. The van der Waals surface area contributed by atoms with Crippen LogP contribution in [-0.2, 0) is 23.9 Å². The largest absolute Gasteiger partial charge is 0.493 e. The Balaban J connectivity index is 1.53. The Hall–Kier alpha value is -4.15. The predicted octanol–water partition coefficient (Wildman–Crippen LogP) is 3.00. The van der Waals surface area contributed by atoms with Crippen LogP contribution in [0.2, 0.25) is 0 Å². The van der Waals surface area contributed by atoms with Gasteiger partial charge in [0, 0.05) is 19.2 Å². The van der Waals surface area contributed by atoms with Crippen LogP contribution >= 0.6 is 0 Å². The van der Waals surface area contributed by atoms with E-state index in [0.717, 1.165) is 12.8 Å². The second-order valence-electron chi connectivity index (χ2n) is 9.53. The lowest BCUT2D eigenvalue weighted by Gasteiger charge is -2.31. The monoisotopic (exact) mass is 540 g/mol. The molecule has 4 atom stereocenters. The van der Waals surface area contributed by atoms with Gasteiger partial charge in [-0.25, -0.2) is 9.78 Å². The number of para-hydroxylation sites is 1. The fourth-order valence-corrected chi connectivity index (χ4v) is 4.31. The molecule has 0 radical (unpaired) electrons. The molecule has 1 saturated heterocycles. The van der Waals surface area contributed by atoms with Crippen LogP contribution in [0.4, 0.5) is 0 Å². The van der Waals surface area contributed by atoms with Gasteiger partial charge in [-0.05, 0) is 51.2 Å². The number of esters is 3. The average Bonchev–Trinajstić information content (AvgIpc) is 3.76. The summed E-state index contributed by atoms with van der Waals surface area (Å²) in [7, 11) is 1.36. The number of cyclic esters (lactones) is 1. The summed E-state index contributed by atoms with van der Waals surface area (Å²) in [6.45, 7) is 2.82. The van der Waals surface area contributed by atoms with Crippen molar-refractivity contribution >= 4 is 23.8 Å². The summed E-state index contributed by atoms with van der Waals surface area (Å²) in [4.78, 5) is 54.6. The zero-order chi connectivity index (χ0) is 27.9. The third-order valence-electron chi connectivity index (χ3n) is 6.45. The first-order valence-electron chi connectivity index (χ1n) is 12.9. The minimum Gasteiger partial charge on any atom is -0.493 e. The second-order valence-corrected chi connectivity index (χ2v) is 9.53. The molecule has 2 aromatic rings. The number of hydrogen-bond donors (Lipinski definition) is 1. The van der Waals surface area contributed by atoms with Gasteiger partial charge in [0.1, 0.15) is 24.0 Å². The highest BCUT2D eigenvalue weighted by Gasteiger charge is 2.41.